The molecule has 1 aromatic heterocycles. The first kappa shape index (κ1) is 10.9. The van der Waals surface area contributed by atoms with Gasteiger partial charge in [0.05, 0.1) is 5.69 Å². The maximum absolute atomic E-state index is 4.59. The van der Waals surface area contributed by atoms with Gasteiger partial charge in [0.2, 0.25) is 0 Å². The SMILES string of the molecule is CNCc1nc(-c2cccc(C)c2)[nH]c1C. The van der Waals surface area contributed by atoms with E-state index in [-0.39, 0.29) is 0 Å². The fourth-order valence-corrected chi connectivity index (χ4v) is 1.77. The summed E-state index contributed by atoms with van der Waals surface area (Å²) in [6.07, 6.45) is 0. The van der Waals surface area contributed by atoms with Crippen LogP contribution in [0.5, 0.6) is 0 Å². The molecule has 0 bridgehead atoms. The van der Waals surface area contributed by atoms with Crippen molar-refractivity contribution in [1.82, 2.24) is 15.3 Å². The molecule has 84 valence electrons. The Balaban J connectivity index is 2.37. The molecule has 3 nitrogen and oxygen atoms in total. The van der Waals surface area contributed by atoms with Crippen LogP contribution >= 0.6 is 0 Å². The molecule has 0 saturated carbocycles. The van der Waals surface area contributed by atoms with E-state index in [1.807, 2.05) is 7.05 Å². The summed E-state index contributed by atoms with van der Waals surface area (Å²) in [6, 6.07) is 8.37. The lowest BCUT2D eigenvalue weighted by Gasteiger charge is -1.97. The molecule has 1 aromatic carbocycles. The zero-order valence-corrected chi connectivity index (χ0v) is 9.96. The van der Waals surface area contributed by atoms with Gasteiger partial charge in [-0.25, -0.2) is 4.98 Å². The molecule has 0 fully saturated rings. The van der Waals surface area contributed by atoms with Gasteiger partial charge < -0.3 is 10.3 Å². The first-order valence-electron chi connectivity index (χ1n) is 5.48. The molecule has 2 rings (SSSR count). The summed E-state index contributed by atoms with van der Waals surface area (Å²) in [5.74, 6) is 0.950. The molecule has 2 aromatic rings. The largest absolute Gasteiger partial charge is 0.342 e. The molecule has 0 unspecified atom stereocenters. The number of imidazole rings is 1. The number of hydrogen-bond donors (Lipinski definition) is 2. The number of aromatic nitrogens is 2. The molecule has 0 aliphatic heterocycles. The van der Waals surface area contributed by atoms with E-state index < -0.39 is 0 Å². The lowest BCUT2D eigenvalue weighted by atomic mass is 10.1. The highest BCUT2D eigenvalue weighted by molar-refractivity contribution is 5.57. The molecule has 0 saturated heterocycles. The normalized spacial score (nSPS) is 10.7. The van der Waals surface area contributed by atoms with E-state index >= 15 is 0 Å². The van der Waals surface area contributed by atoms with E-state index in [9.17, 15) is 0 Å². The van der Waals surface area contributed by atoms with Gasteiger partial charge in [-0.3, -0.25) is 0 Å². The third kappa shape index (κ3) is 2.14. The van der Waals surface area contributed by atoms with Gasteiger partial charge in [0, 0.05) is 17.8 Å². The van der Waals surface area contributed by atoms with Crippen molar-refractivity contribution in [1.29, 1.82) is 0 Å². The highest BCUT2D eigenvalue weighted by atomic mass is 15.0. The van der Waals surface area contributed by atoms with Crippen molar-refractivity contribution in [3.63, 3.8) is 0 Å². The van der Waals surface area contributed by atoms with E-state index in [0.717, 1.165) is 29.3 Å². The molecule has 0 aliphatic rings. The number of rotatable bonds is 3. The van der Waals surface area contributed by atoms with Crippen molar-refractivity contribution in [2.45, 2.75) is 20.4 Å². The second-order valence-corrected chi connectivity index (χ2v) is 4.06. The Bertz CT molecular complexity index is 486. The third-order valence-corrected chi connectivity index (χ3v) is 2.62. The quantitative estimate of drug-likeness (QED) is 0.825. The minimum atomic E-state index is 0.800. The Morgan fingerprint density at radius 3 is 2.81 bits per heavy atom. The summed E-state index contributed by atoms with van der Waals surface area (Å²) in [4.78, 5) is 7.91. The first-order chi connectivity index (χ1) is 7.70. The van der Waals surface area contributed by atoms with Gasteiger partial charge in [-0.15, -0.1) is 0 Å². The fraction of sp³-hybridized carbons (Fsp3) is 0.308. The molecular formula is C13H17N3. The first-order valence-corrected chi connectivity index (χ1v) is 5.48. The minimum absolute atomic E-state index is 0.800. The number of H-pyrrole nitrogens is 1. The smallest absolute Gasteiger partial charge is 0.137 e. The van der Waals surface area contributed by atoms with Gasteiger partial charge in [0.25, 0.3) is 0 Å². The highest BCUT2D eigenvalue weighted by Crippen LogP contribution is 2.18. The van der Waals surface area contributed by atoms with Crippen molar-refractivity contribution in [3.05, 3.63) is 41.2 Å². The Labute approximate surface area is 95.9 Å². The van der Waals surface area contributed by atoms with Gasteiger partial charge in [-0.2, -0.15) is 0 Å². The van der Waals surface area contributed by atoms with E-state index in [2.05, 4.69) is 53.4 Å². The highest BCUT2D eigenvalue weighted by Gasteiger charge is 2.07. The standard InChI is InChI=1S/C13H17N3/c1-9-5-4-6-11(7-9)13-15-10(2)12(16-13)8-14-3/h4-7,14H,8H2,1-3H3,(H,15,16). The number of nitrogens with zero attached hydrogens (tertiary/aromatic N) is 1. The Morgan fingerprint density at radius 2 is 2.12 bits per heavy atom. The van der Waals surface area contributed by atoms with Crippen molar-refractivity contribution in [2.24, 2.45) is 0 Å². The maximum Gasteiger partial charge on any atom is 0.137 e. The van der Waals surface area contributed by atoms with E-state index in [1.165, 1.54) is 5.56 Å². The number of hydrogen-bond acceptors (Lipinski definition) is 2. The average molecular weight is 215 g/mol. The summed E-state index contributed by atoms with van der Waals surface area (Å²) in [5, 5.41) is 3.12. The predicted octanol–water partition coefficient (Wildman–Crippen LogP) is 2.41. The number of benzene rings is 1. The molecule has 0 radical (unpaired) electrons. The van der Waals surface area contributed by atoms with E-state index in [4.69, 9.17) is 0 Å². The zero-order valence-electron chi connectivity index (χ0n) is 9.96. The van der Waals surface area contributed by atoms with Crippen LogP contribution in [0.4, 0.5) is 0 Å². The summed E-state index contributed by atoms with van der Waals surface area (Å²) in [5.41, 5.74) is 4.61. The van der Waals surface area contributed by atoms with Crippen LogP contribution in [0.1, 0.15) is 17.0 Å². The molecule has 3 heteroatoms. The second kappa shape index (κ2) is 4.49. The van der Waals surface area contributed by atoms with Crippen molar-refractivity contribution in [2.75, 3.05) is 7.05 Å². The van der Waals surface area contributed by atoms with Crippen LogP contribution in [0.2, 0.25) is 0 Å². The summed E-state index contributed by atoms with van der Waals surface area (Å²) in [7, 11) is 1.93. The van der Waals surface area contributed by atoms with Crippen molar-refractivity contribution in [3.8, 4) is 11.4 Å². The monoisotopic (exact) mass is 215 g/mol. The van der Waals surface area contributed by atoms with E-state index in [1.54, 1.807) is 0 Å². The second-order valence-electron chi connectivity index (χ2n) is 4.06. The number of aromatic amines is 1. The van der Waals surface area contributed by atoms with Gasteiger partial charge in [-0.05, 0) is 27.0 Å². The molecule has 2 N–H and O–H groups in total. The van der Waals surface area contributed by atoms with E-state index in [0.29, 0.717) is 0 Å². The lowest BCUT2D eigenvalue weighted by Crippen LogP contribution is -2.06. The van der Waals surface area contributed by atoms with Crippen molar-refractivity contribution < 1.29 is 0 Å². The molecule has 0 atom stereocenters. The van der Waals surface area contributed by atoms with Gasteiger partial charge >= 0.3 is 0 Å². The maximum atomic E-state index is 4.59. The van der Waals surface area contributed by atoms with Gasteiger partial charge in [-0.1, -0.05) is 23.8 Å². The Morgan fingerprint density at radius 1 is 1.31 bits per heavy atom. The lowest BCUT2D eigenvalue weighted by molar-refractivity contribution is 0.791. The van der Waals surface area contributed by atoms with Crippen LogP contribution in [-0.4, -0.2) is 17.0 Å². The summed E-state index contributed by atoms with van der Waals surface area (Å²) in [6.45, 7) is 4.95. The summed E-state index contributed by atoms with van der Waals surface area (Å²) < 4.78 is 0. The molecule has 0 amide bonds. The third-order valence-electron chi connectivity index (χ3n) is 2.62. The fourth-order valence-electron chi connectivity index (χ4n) is 1.77. The number of aryl methyl sites for hydroxylation is 2. The molecule has 1 heterocycles. The predicted molar refractivity (Wildman–Crippen MR) is 66.3 cm³/mol. The zero-order chi connectivity index (χ0) is 11.5. The topological polar surface area (TPSA) is 40.7 Å². The molecule has 0 spiro atoms. The van der Waals surface area contributed by atoms with Crippen LogP contribution in [-0.2, 0) is 6.54 Å². The van der Waals surface area contributed by atoms with Gasteiger partial charge in [0.1, 0.15) is 5.82 Å². The van der Waals surface area contributed by atoms with Crippen LogP contribution in [0.15, 0.2) is 24.3 Å². The van der Waals surface area contributed by atoms with Crippen LogP contribution < -0.4 is 5.32 Å². The Hall–Kier alpha value is -1.61. The van der Waals surface area contributed by atoms with Crippen molar-refractivity contribution >= 4 is 0 Å². The van der Waals surface area contributed by atoms with Crippen LogP contribution in [0, 0.1) is 13.8 Å². The number of nitrogens with one attached hydrogen (secondary N) is 2. The molecule has 16 heavy (non-hydrogen) atoms. The average Bonchev–Trinajstić information content (AvgIpc) is 2.61. The Kier molecular flexibility index (Phi) is 3.06. The summed E-state index contributed by atoms with van der Waals surface area (Å²) >= 11 is 0. The molecule has 0 aliphatic carbocycles. The molecular weight excluding hydrogens is 198 g/mol. The minimum Gasteiger partial charge on any atom is -0.342 e. The van der Waals surface area contributed by atoms with Crippen LogP contribution in [0.25, 0.3) is 11.4 Å². The van der Waals surface area contributed by atoms with Crippen LogP contribution in [0.3, 0.4) is 0 Å². The van der Waals surface area contributed by atoms with Gasteiger partial charge in [0.15, 0.2) is 0 Å².